The number of carbonyl (C=O) groups is 1. The molecule has 2 N–H and O–H groups in total. The van der Waals surface area contributed by atoms with Crippen molar-refractivity contribution in [2.24, 2.45) is 5.92 Å². The van der Waals surface area contributed by atoms with Gasteiger partial charge in [-0.1, -0.05) is 12.1 Å². The standard InChI is InChI=1S/C29H30N6O2S/c1-18-7-8-19(11-26(18)38(3)37)28(36)32-15-22-12-25-20(14-31-22)9-10-24(33-25)23-5-4-6-27(34-23)35-16-21-13-29(21,17-35)30-2/h4-12,14,21,30H,13,15-17H2,1-3H3,(H,32,36). The summed E-state index contributed by atoms with van der Waals surface area (Å²) in [4.78, 5) is 30.1. The van der Waals surface area contributed by atoms with Crippen molar-refractivity contribution in [1.82, 2.24) is 25.6 Å². The first-order valence-electron chi connectivity index (χ1n) is 12.7. The van der Waals surface area contributed by atoms with Crippen LogP contribution >= 0.6 is 0 Å². The highest BCUT2D eigenvalue weighted by Gasteiger charge is 2.59. The Labute approximate surface area is 224 Å². The van der Waals surface area contributed by atoms with Crippen LogP contribution in [-0.2, 0) is 17.3 Å². The molecule has 3 unspecified atom stereocenters. The molecule has 194 valence electrons. The van der Waals surface area contributed by atoms with Gasteiger partial charge < -0.3 is 15.5 Å². The molecule has 1 saturated heterocycles. The molecule has 0 radical (unpaired) electrons. The zero-order valence-electron chi connectivity index (χ0n) is 21.7. The highest BCUT2D eigenvalue weighted by atomic mass is 32.2. The summed E-state index contributed by atoms with van der Waals surface area (Å²) in [5, 5.41) is 7.33. The number of nitrogens with one attached hydrogen (secondary N) is 2. The van der Waals surface area contributed by atoms with E-state index in [9.17, 15) is 9.00 Å². The second-order valence-electron chi connectivity index (χ2n) is 10.3. The monoisotopic (exact) mass is 526 g/mol. The van der Waals surface area contributed by atoms with Gasteiger partial charge in [-0.25, -0.2) is 9.97 Å². The van der Waals surface area contributed by atoms with Gasteiger partial charge in [0, 0.05) is 46.9 Å². The van der Waals surface area contributed by atoms with Gasteiger partial charge in [0.05, 0.1) is 39.9 Å². The summed E-state index contributed by atoms with van der Waals surface area (Å²) in [6.07, 6.45) is 4.63. The molecule has 38 heavy (non-hydrogen) atoms. The molecule has 9 heteroatoms. The lowest BCUT2D eigenvalue weighted by Gasteiger charge is -2.22. The number of aryl methyl sites for hydroxylation is 1. The smallest absolute Gasteiger partial charge is 0.251 e. The predicted molar refractivity (Wildman–Crippen MR) is 150 cm³/mol. The number of nitrogens with zero attached hydrogens (tertiary/aromatic N) is 4. The van der Waals surface area contributed by atoms with Crippen LogP contribution in [0.3, 0.4) is 0 Å². The molecule has 3 aromatic heterocycles. The number of hydrogen-bond donors (Lipinski definition) is 2. The molecule has 1 aliphatic heterocycles. The van der Waals surface area contributed by atoms with Crippen LogP contribution in [0.4, 0.5) is 5.82 Å². The highest BCUT2D eigenvalue weighted by Crippen LogP contribution is 2.50. The molecule has 1 aliphatic carbocycles. The average molecular weight is 527 g/mol. The van der Waals surface area contributed by atoms with Crippen molar-refractivity contribution < 1.29 is 9.00 Å². The molecule has 0 bridgehead atoms. The van der Waals surface area contributed by atoms with Crippen LogP contribution in [0.2, 0.25) is 0 Å². The minimum Gasteiger partial charge on any atom is -0.354 e. The van der Waals surface area contributed by atoms with E-state index in [4.69, 9.17) is 9.97 Å². The summed E-state index contributed by atoms with van der Waals surface area (Å²) in [7, 11) is 0.893. The fourth-order valence-corrected chi connectivity index (χ4v) is 6.22. The lowest BCUT2D eigenvalue weighted by Crippen LogP contribution is -2.36. The number of piperidine rings is 1. The minimum absolute atomic E-state index is 0.235. The quantitative estimate of drug-likeness (QED) is 0.380. The second-order valence-corrected chi connectivity index (χ2v) is 11.6. The first-order chi connectivity index (χ1) is 18.3. The maximum absolute atomic E-state index is 12.7. The topological polar surface area (TPSA) is 100 Å². The summed E-state index contributed by atoms with van der Waals surface area (Å²) in [6.45, 7) is 4.16. The van der Waals surface area contributed by atoms with Crippen LogP contribution in [0.1, 0.15) is 28.0 Å². The summed E-state index contributed by atoms with van der Waals surface area (Å²) in [5.41, 5.74) is 4.77. The Morgan fingerprint density at radius 2 is 1.97 bits per heavy atom. The van der Waals surface area contributed by atoms with Crippen LogP contribution in [-0.4, -0.2) is 57.0 Å². The number of anilines is 1. The predicted octanol–water partition coefficient (Wildman–Crippen LogP) is 3.47. The Morgan fingerprint density at radius 1 is 1.13 bits per heavy atom. The van der Waals surface area contributed by atoms with Crippen LogP contribution in [0.25, 0.3) is 22.3 Å². The summed E-state index contributed by atoms with van der Waals surface area (Å²) < 4.78 is 12.0. The van der Waals surface area contributed by atoms with Gasteiger partial charge in [0.25, 0.3) is 5.91 Å². The van der Waals surface area contributed by atoms with Crippen molar-refractivity contribution in [3.05, 3.63) is 77.6 Å². The average Bonchev–Trinajstić information content (AvgIpc) is 3.50. The largest absolute Gasteiger partial charge is 0.354 e. The van der Waals surface area contributed by atoms with E-state index in [0.29, 0.717) is 22.1 Å². The van der Waals surface area contributed by atoms with E-state index in [1.807, 2.05) is 43.3 Å². The van der Waals surface area contributed by atoms with Crippen molar-refractivity contribution >= 4 is 33.4 Å². The molecular weight excluding hydrogens is 496 g/mol. The van der Waals surface area contributed by atoms with Gasteiger partial charge in [0.15, 0.2) is 0 Å². The lowest BCUT2D eigenvalue weighted by molar-refractivity contribution is 0.0950. The van der Waals surface area contributed by atoms with Crippen molar-refractivity contribution in [3.63, 3.8) is 0 Å². The van der Waals surface area contributed by atoms with Crippen molar-refractivity contribution in [3.8, 4) is 11.4 Å². The summed E-state index contributed by atoms with van der Waals surface area (Å²) in [6, 6.07) is 17.2. The van der Waals surface area contributed by atoms with E-state index in [1.165, 1.54) is 6.42 Å². The normalized spacial score (nSPS) is 20.8. The highest BCUT2D eigenvalue weighted by molar-refractivity contribution is 7.84. The van der Waals surface area contributed by atoms with E-state index >= 15 is 0 Å². The number of hydrogen-bond acceptors (Lipinski definition) is 7. The maximum atomic E-state index is 12.7. The van der Waals surface area contributed by atoms with Gasteiger partial charge in [-0.15, -0.1) is 0 Å². The number of fused-ring (bicyclic) bond motifs is 2. The van der Waals surface area contributed by atoms with Gasteiger partial charge >= 0.3 is 0 Å². The number of carbonyl (C=O) groups excluding carboxylic acids is 1. The zero-order valence-corrected chi connectivity index (χ0v) is 22.5. The number of pyridine rings is 3. The Bertz CT molecular complexity index is 1590. The molecule has 1 aromatic carbocycles. The third-order valence-corrected chi connectivity index (χ3v) is 8.84. The fourth-order valence-electron chi connectivity index (χ4n) is 5.41. The molecule has 1 saturated carbocycles. The molecule has 8 nitrogen and oxygen atoms in total. The van der Waals surface area contributed by atoms with Gasteiger partial charge in [0.1, 0.15) is 5.82 Å². The van der Waals surface area contributed by atoms with Crippen molar-refractivity contribution in [2.45, 2.75) is 30.3 Å². The van der Waals surface area contributed by atoms with Crippen LogP contribution in [0.15, 0.2) is 65.7 Å². The number of likely N-dealkylation sites (N-methyl/N-ethyl adjacent to an activating group) is 1. The van der Waals surface area contributed by atoms with Crippen molar-refractivity contribution in [2.75, 3.05) is 31.3 Å². The first-order valence-corrected chi connectivity index (χ1v) is 14.3. The Hall–Kier alpha value is -3.69. The van der Waals surface area contributed by atoms with Gasteiger partial charge in [-0.2, -0.15) is 0 Å². The van der Waals surface area contributed by atoms with Crippen LogP contribution in [0.5, 0.6) is 0 Å². The van der Waals surface area contributed by atoms with Crippen LogP contribution < -0.4 is 15.5 Å². The second kappa shape index (κ2) is 9.56. The molecule has 3 atom stereocenters. The Kier molecular flexibility index (Phi) is 6.20. The van der Waals surface area contributed by atoms with Crippen molar-refractivity contribution in [1.29, 1.82) is 0 Å². The van der Waals surface area contributed by atoms with E-state index < -0.39 is 10.8 Å². The van der Waals surface area contributed by atoms with Gasteiger partial charge in [-0.05, 0) is 74.3 Å². The molecule has 1 amide bonds. The number of rotatable bonds is 7. The molecule has 4 aromatic rings. The molecule has 6 rings (SSSR count). The molecule has 2 aliphatic rings. The molecule has 2 fully saturated rings. The third-order valence-electron chi connectivity index (χ3n) is 7.78. The zero-order chi connectivity index (χ0) is 26.4. The van der Waals surface area contributed by atoms with Gasteiger partial charge in [0.2, 0.25) is 0 Å². The Balaban J connectivity index is 1.19. The number of aromatic nitrogens is 3. The fraction of sp³-hybridized carbons (Fsp3) is 0.310. The SMILES string of the molecule is CNC12CC1CN(c1cccc(-c3ccc4cnc(CNC(=O)c5ccc(C)c(S(C)=O)c5)cc4n3)n1)C2. The minimum atomic E-state index is -1.16. The van der Waals surface area contributed by atoms with E-state index in [2.05, 4.69) is 33.6 Å². The van der Waals surface area contributed by atoms with E-state index in [1.54, 1.807) is 24.6 Å². The lowest BCUT2D eigenvalue weighted by atomic mass is 10.1. The van der Waals surface area contributed by atoms with E-state index in [0.717, 1.165) is 46.8 Å². The van der Waals surface area contributed by atoms with Crippen LogP contribution in [0, 0.1) is 12.8 Å². The van der Waals surface area contributed by atoms with E-state index in [-0.39, 0.29) is 18.0 Å². The number of amides is 1. The number of benzene rings is 1. The molecule has 4 heterocycles. The Morgan fingerprint density at radius 3 is 2.76 bits per heavy atom. The molecule has 0 spiro atoms. The van der Waals surface area contributed by atoms with Gasteiger partial charge in [-0.3, -0.25) is 14.0 Å². The molecular formula is C29H30N6O2S. The first kappa shape index (κ1) is 24.6. The maximum Gasteiger partial charge on any atom is 0.251 e. The summed E-state index contributed by atoms with van der Waals surface area (Å²) >= 11 is 0. The third kappa shape index (κ3) is 4.56. The summed E-state index contributed by atoms with van der Waals surface area (Å²) in [5.74, 6) is 1.45.